The molecular formula is C25H32N2O3. The number of benzene rings is 2. The topological polar surface area (TPSA) is 49.9 Å². The molecule has 0 unspecified atom stereocenters. The standard InChI is InChI=1S/C25H32N2O3/c1-3-26(18-10-15-21-11-6-4-7-12-21)24(28)23-17-16-20(2)27(23)25(29)30-19-22-13-8-5-9-14-22/h4-9,11-14,20,23H,3,10,15-19H2,1-2H3/t20-,23+/m1/s1. The quantitative estimate of drug-likeness (QED) is 0.638. The van der Waals surface area contributed by atoms with Crippen molar-refractivity contribution in [2.45, 2.75) is 58.2 Å². The maximum Gasteiger partial charge on any atom is 0.411 e. The summed E-state index contributed by atoms with van der Waals surface area (Å²) >= 11 is 0. The van der Waals surface area contributed by atoms with E-state index in [2.05, 4.69) is 12.1 Å². The van der Waals surface area contributed by atoms with Crippen LogP contribution in [0.4, 0.5) is 4.79 Å². The number of hydrogen-bond acceptors (Lipinski definition) is 3. The number of nitrogens with zero attached hydrogens (tertiary/aromatic N) is 2. The monoisotopic (exact) mass is 408 g/mol. The zero-order valence-corrected chi connectivity index (χ0v) is 18.0. The van der Waals surface area contributed by atoms with Gasteiger partial charge in [-0.1, -0.05) is 60.7 Å². The van der Waals surface area contributed by atoms with Crippen LogP contribution in [0.1, 0.15) is 44.2 Å². The van der Waals surface area contributed by atoms with Crippen LogP contribution in [-0.2, 0) is 22.6 Å². The molecule has 3 rings (SSSR count). The first-order valence-corrected chi connectivity index (χ1v) is 10.9. The number of aryl methyl sites for hydroxylation is 1. The molecule has 1 aliphatic rings. The number of amides is 2. The molecule has 30 heavy (non-hydrogen) atoms. The lowest BCUT2D eigenvalue weighted by Crippen LogP contribution is -2.50. The Kier molecular flexibility index (Phi) is 7.89. The number of likely N-dealkylation sites (tertiary alicyclic amines) is 1. The Hall–Kier alpha value is -2.82. The molecule has 0 spiro atoms. The first-order valence-electron chi connectivity index (χ1n) is 10.9. The summed E-state index contributed by atoms with van der Waals surface area (Å²) < 4.78 is 5.53. The molecule has 160 valence electrons. The van der Waals surface area contributed by atoms with E-state index in [0.717, 1.165) is 24.8 Å². The Balaban J connectivity index is 1.57. The molecule has 0 N–H and O–H groups in total. The zero-order chi connectivity index (χ0) is 21.3. The van der Waals surface area contributed by atoms with Gasteiger partial charge >= 0.3 is 6.09 Å². The molecule has 2 atom stereocenters. The summed E-state index contributed by atoms with van der Waals surface area (Å²) in [7, 11) is 0. The predicted molar refractivity (Wildman–Crippen MR) is 118 cm³/mol. The van der Waals surface area contributed by atoms with Crippen LogP contribution >= 0.6 is 0 Å². The number of ether oxygens (including phenoxy) is 1. The summed E-state index contributed by atoms with van der Waals surface area (Å²) in [5, 5.41) is 0. The fourth-order valence-electron chi connectivity index (χ4n) is 4.08. The third-order valence-corrected chi connectivity index (χ3v) is 5.80. The molecule has 1 heterocycles. The number of hydrogen-bond donors (Lipinski definition) is 0. The van der Waals surface area contributed by atoms with Crippen LogP contribution in [0.25, 0.3) is 0 Å². The van der Waals surface area contributed by atoms with Gasteiger partial charge in [0.2, 0.25) is 5.91 Å². The van der Waals surface area contributed by atoms with Crippen molar-refractivity contribution in [3.8, 4) is 0 Å². The minimum atomic E-state index is -0.431. The van der Waals surface area contributed by atoms with Gasteiger partial charge in [0, 0.05) is 19.1 Å². The van der Waals surface area contributed by atoms with Crippen molar-refractivity contribution in [3.05, 3.63) is 71.8 Å². The molecule has 0 aromatic heterocycles. The molecule has 2 amide bonds. The highest BCUT2D eigenvalue weighted by Crippen LogP contribution is 2.27. The molecule has 0 saturated carbocycles. The lowest BCUT2D eigenvalue weighted by Gasteiger charge is -2.31. The Bertz CT molecular complexity index is 810. The second-order valence-corrected chi connectivity index (χ2v) is 7.90. The number of carbonyl (C=O) groups is 2. The zero-order valence-electron chi connectivity index (χ0n) is 18.0. The molecule has 5 nitrogen and oxygen atoms in total. The maximum absolute atomic E-state index is 13.2. The van der Waals surface area contributed by atoms with E-state index in [1.807, 2.05) is 67.3 Å². The summed E-state index contributed by atoms with van der Waals surface area (Å²) in [5.41, 5.74) is 2.22. The van der Waals surface area contributed by atoms with Crippen LogP contribution in [0, 0.1) is 0 Å². The van der Waals surface area contributed by atoms with Gasteiger partial charge in [0.05, 0.1) is 0 Å². The van der Waals surface area contributed by atoms with Gasteiger partial charge in [0.25, 0.3) is 0 Å². The van der Waals surface area contributed by atoms with Gasteiger partial charge < -0.3 is 9.64 Å². The lowest BCUT2D eigenvalue weighted by atomic mass is 10.1. The van der Waals surface area contributed by atoms with Crippen LogP contribution in [0.15, 0.2) is 60.7 Å². The van der Waals surface area contributed by atoms with Crippen molar-refractivity contribution < 1.29 is 14.3 Å². The minimum absolute atomic E-state index is 0.00486. The number of rotatable bonds is 8. The van der Waals surface area contributed by atoms with Crippen molar-refractivity contribution >= 4 is 12.0 Å². The number of carbonyl (C=O) groups excluding carboxylic acids is 2. The van der Waals surface area contributed by atoms with Crippen LogP contribution in [-0.4, -0.2) is 47.0 Å². The molecule has 2 aromatic carbocycles. The third kappa shape index (κ3) is 5.62. The highest BCUT2D eigenvalue weighted by Gasteiger charge is 2.41. The van der Waals surface area contributed by atoms with Crippen molar-refractivity contribution in [1.82, 2.24) is 9.80 Å². The van der Waals surface area contributed by atoms with Gasteiger partial charge in [0.15, 0.2) is 0 Å². The van der Waals surface area contributed by atoms with Gasteiger partial charge in [-0.2, -0.15) is 0 Å². The van der Waals surface area contributed by atoms with Crippen LogP contribution in [0.5, 0.6) is 0 Å². The van der Waals surface area contributed by atoms with Crippen LogP contribution < -0.4 is 0 Å². The van der Waals surface area contributed by atoms with E-state index in [0.29, 0.717) is 19.5 Å². The summed E-state index contributed by atoms with van der Waals surface area (Å²) in [5.74, 6) is 0.0339. The van der Waals surface area contributed by atoms with E-state index in [9.17, 15) is 9.59 Å². The van der Waals surface area contributed by atoms with Crippen LogP contribution in [0.2, 0.25) is 0 Å². The van der Waals surface area contributed by atoms with E-state index in [1.165, 1.54) is 5.56 Å². The first-order chi connectivity index (χ1) is 14.6. The fraction of sp³-hybridized carbons (Fsp3) is 0.440. The van der Waals surface area contributed by atoms with Gasteiger partial charge in [0.1, 0.15) is 12.6 Å². The van der Waals surface area contributed by atoms with Crippen molar-refractivity contribution in [2.75, 3.05) is 13.1 Å². The molecule has 1 saturated heterocycles. The molecule has 0 bridgehead atoms. The van der Waals surface area contributed by atoms with Gasteiger partial charge in [-0.25, -0.2) is 4.79 Å². The molecule has 5 heteroatoms. The highest BCUT2D eigenvalue weighted by molar-refractivity contribution is 5.86. The van der Waals surface area contributed by atoms with Crippen molar-refractivity contribution in [2.24, 2.45) is 0 Å². The van der Waals surface area contributed by atoms with Crippen molar-refractivity contribution in [1.29, 1.82) is 0 Å². The van der Waals surface area contributed by atoms with E-state index in [4.69, 9.17) is 4.74 Å². The summed E-state index contributed by atoms with van der Waals surface area (Å²) in [6.45, 7) is 5.55. The lowest BCUT2D eigenvalue weighted by molar-refractivity contribution is -0.135. The second-order valence-electron chi connectivity index (χ2n) is 7.90. The normalized spacial score (nSPS) is 18.3. The minimum Gasteiger partial charge on any atom is -0.445 e. The molecule has 1 aliphatic heterocycles. The molecule has 1 fully saturated rings. The maximum atomic E-state index is 13.2. The average molecular weight is 409 g/mol. The van der Waals surface area contributed by atoms with E-state index in [1.54, 1.807) is 4.90 Å². The average Bonchev–Trinajstić information content (AvgIpc) is 3.17. The molecule has 0 radical (unpaired) electrons. The third-order valence-electron chi connectivity index (χ3n) is 5.80. The Morgan fingerprint density at radius 1 is 1.00 bits per heavy atom. The molecule has 2 aromatic rings. The number of likely N-dealkylation sites (N-methyl/N-ethyl adjacent to an activating group) is 1. The van der Waals surface area contributed by atoms with Crippen LogP contribution in [0.3, 0.4) is 0 Å². The Morgan fingerprint density at radius 2 is 1.63 bits per heavy atom. The first kappa shape index (κ1) is 21.9. The molecule has 0 aliphatic carbocycles. The SMILES string of the molecule is CCN(CCCc1ccccc1)C(=O)[C@@H]1CC[C@@H](C)N1C(=O)OCc1ccccc1. The van der Waals surface area contributed by atoms with E-state index >= 15 is 0 Å². The van der Waals surface area contributed by atoms with Gasteiger partial charge in [-0.3, -0.25) is 9.69 Å². The predicted octanol–water partition coefficient (Wildman–Crippen LogP) is 4.66. The van der Waals surface area contributed by atoms with Gasteiger partial charge in [-0.15, -0.1) is 0 Å². The summed E-state index contributed by atoms with van der Waals surface area (Å²) in [6.07, 6.45) is 2.95. The van der Waals surface area contributed by atoms with E-state index < -0.39 is 12.1 Å². The largest absolute Gasteiger partial charge is 0.445 e. The summed E-state index contributed by atoms with van der Waals surface area (Å²) in [6, 6.07) is 19.5. The van der Waals surface area contributed by atoms with Gasteiger partial charge in [-0.05, 0) is 50.7 Å². The molecular weight excluding hydrogens is 376 g/mol. The van der Waals surface area contributed by atoms with Crippen molar-refractivity contribution in [3.63, 3.8) is 0 Å². The highest BCUT2D eigenvalue weighted by atomic mass is 16.6. The van der Waals surface area contributed by atoms with E-state index in [-0.39, 0.29) is 18.6 Å². The fourth-order valence-corrected chi connectivity index (χ4v) is 4.08. The smallest absolute Gasteiger partial charge is 0.411 e. The second kappa shape index (κ2) is 10.8. The summed E-state index contributed by atoms with van der Waals surface area (Å²) in [4.78, 5) is 29.5. The Labute approximate surface area is 179 Å². The Morgan fingerprint density at radius 3 is 2.27 bits per heavy atom.